The minimum Gasteiger partial charge on any atom is -0.481 e. The Labute approximate surface area is 127 Å². The molecule has 3 rings (SSSR count). The van der Waals surface area contributed by atoms with Gasteiger partial charge in [0.1, 0.15) is 11.7 Å². The van der Waals surface area contributed by atoms with Crippen molar-refractivity contribution in [2.75, 3.05) is 5.32 Å². The molecule has 2 N–H and O–H groups in total. The maximum absolute atomic E-state index is 11.3. The van der Waals surface area contributed by atoms with Crippen LogP contribution in [0.25, 0.3) is 0 Å². The van der Waals surface area contributed by atoms with Gasteiger partial charge in [-0.2, -0.15) is 0 Å². The summed E-state index contributed by atoms with van der Waals surface area (Å²) in [6, 6.07) is 4.01. The number of nitrogens with zero attached hydrogens (tertiary/aromatic N) is 1. The first kappa shape index (κ1) is 14.1. The third-order valence-electron chi connectivity index (χ3n) is 3.71. The van der Waals surface area contributed by atoms with E-state index in [4.69, 9.17) is 4.42 Å². The van der Waals surface area contributed by atoms with Crippen molar-refractivity contribution in [2.24, 2.45) is 0 Å². The topological polar surface area (TPSA) is 75.4 Å². The van der Waals surface area contributed by atoms with Gasteiger partial charge in [-0.15, -0.1) is 11.3 Å². The van der Waals surface area contributed by atoms with Crippen molar-refractivity contribution >= 4 is 22.4 Å². The van der Waals surface area contributed by atoms with Crippen molar-refractivity contribution in [3.63, 3.8) is 0 Å². The van der Waals surface area contributed by atoms with Gasteiger partial charge in [-0.3, -0.25) is 4.79 Å². The van der Waals surface area contributed by atoms with Crippen molar-refractivity contribution in [1.82, 2.24) is 4.98 Å². The predicted octanol–water partition coefficient (Wildman–Crippen LogP) is 3.28. The number of fused-ring (bicyclic) bond motifs is 1. The van der Waals surface area contributed by atoms with Gasteiger partial charge in [-0.05, 0) is 38.3 Å². The smallest absolute Gasteiger partial charge is 0.312 e. The fourth-order valence-corrected chi connectivity index (χ4v) is 3.89. The molecule has 0 spiro atoms. The Morgan fingerprint density at radius 2 is 2.52 bits per heavy atom. The second kappa shape index (κ2) is 5.89. The lowest BCUT2D eigenvalue weighted by Crippen LogP contribution is -2.19. The zero-order valence-electron chi connectivity index (χ0n) is 11.8. The fraction of sp³-hybridized carbons (Fsp3) is 0.467. The SMILES string of the molecule is CC(Cc1ccco1)Nc1nc2c(s1)CCCC2C(=O)O. The molecule has 1 aliphatic carbocycles. The van der Waals surface area contributed by atoms with Gasteiger partial charge in [0.05, 0.1) is 12.0 Å². The van der Waals surface area contributed by atoms with Crippen LogP contribution in [0.5, 0.6) is 0 Å². The van der Waals surface area contributed by atoms with Gasteiger partial charge in [0.25, 0.3) is 0 Å². The lowest BCUT2D eigenvalue weighted by Gasteiger charge is -2.16. The van der Waals surface area contributed by atoms with Crippen LogP contribution in [0.4, 0.5) is 5.13 Å². The van der Waals surface area contributed by atoms with E-state index in [0.29, 0.717) is 6.42 Å². The lowest BCUT2D eigenvalue weighted by atomic mass is 9.91. The van der Waals surface area contributed by atoms with Gasteiger partial charge in [-0.1, -0.05) is 0 Å². The van der Waals surface area contributed by atoms with E-state index in [1.807, 2.05) is 12.1 Å². The molecule has 2 atom stereocenters. The molecule has 112 valence electrons. The van der Waals surface area contributed by atoms with Gasteiger partial charge in [0.2, 0.25) is 0 Å². The Morgan fingerprint density at radius 1 is 1.67 bits per heavy atom. The molecule has 21 heavy (non-hydrogen) atoms. The average Bonchev–Trinajstić information content (AvgIpc) is 3.06. The van der Waals surface area contributed by atoms with Crippen LogP contribution in [0, 0.1) is 0 Å². The minimum absolute atomic E-state index is 0.187. The number of aryl methyl sites for hydroxylation is 1. The molecule has 0 saturated carbocycles. The number of anilines is 1. The molecule has 0 bridgehead atoms. The molecule has 1 aliphatic rings. The molecular formula is C15H18N2O3S. The average molecular weight is 306 g/mol. The highest BCUT2D eigenvalue weighted by molar-refractivity contribution is 7.15. The molecule has 2 unspecified atom stereocenters. The van der Waals surface area contributed by atoms with Gasteiger partial charge in [0.15, 0.2) is 5.13 Å². The van der Waals surface area contributed by atoms with Crippen LogP contribution in [0.1, 0.15) is 42.0 Å². The van der Waals surface area contributed by atoms with Crippen molar-refractivity contribution in [2.45, 2.75) is 44.6 Å². The number of aliphatic carboxylic acids is 1. The standard InChI is InChI=1S/C15H18N2O3S/c1-9(8-10-4-3-7-20-10)16-15-17-13-11(14(18)19)5-2-6-12(13)21-15/h3-4,7,9,11H,2,5-6,8H2,1H3,(H,16,17)(H,18,19). The van der Waals surface area contributed by atoms with E-state index in [2.05, 4.69) is 17.2 Å². The maximum Gasteiger partial charge on any atom is 0.312 e. The monoisotopic (exact) mass is 306 g/mol. The second-order valence-corrected chi connectivity index (χ2v) is 6.52. The number of carboxylic acid groups (broad SMARTS) is 1. The highest BCUT2D eigenvalue weighted by Crippen LogP contribution is 2.37. The summed E-state index contributed by atoms with van der Waals surface area (Å²) in [5.41, 5.74) is 0.756. The first-order chi connectivity index (χ1) is 10.1. The van der Waals surface area contributed by atoms with Crippen LogP contribution in [0.3, 0.4) is 0 Å². The van der Waals surface area contributed by atoms with E-state index in [-0.39, 0.29) is 6.04 Å². The lowest BCUT2D eigenvalue weighted by molar-refractivity contribution is -0.139. The van der Waals surface area contributed by atoms with E-state index in [0.717, 1.165) is 40.7 Å². The molecule has 2 aromatic rings. The van der Waals surface area contributed by atoms with Crippen molar-refractivity contribution < 1.29 is 14.3 Å². The highest BCUT2D eigenvalue weighted by Gasteiger charge is 2.30. The van der Waals surface area contributed by atoms with Gasteiger partial charge < -0.3 is 14.8 Å². The molecule has 0 radical (unpaired) electrons. The first-order valence-electron chi connectivity index (χ1n) is 7.15. The predicted molar refractivity (Wildman–Crippen MR) is 80.9 cm³/mol. The van der Waals surface area contributed by atoms with E-state index in [9.17, 15) is 9.90 Å². The second-order valence-electron chi connectivity index (χ2n) is 5.44. The summed E-state index contributed by atoms with van der Waals surface area (Å²) in [6.45, 7) is 2.07. The normalized spacial score (nSPS) is 19.0. The summed E-state index contributed by atoms with van der Waals surface area (Å²) in [5.74, 6) is -0.280. The molecule has 0 amide bonds. The Morgan fingerprint density at radius 3 is 3.24 bits per heavy atom. The number of carbonyl (C=O) groups is 1. The molecule has 6 heteroatoms. The summed E-state index contributed by atoms with van der Waals surface area (Å²) in [4.78, 5) is 16.9. The van der Waals surface area contributed by atoms with Gasteiger partial charge in [-0.25, -0.2) is 4.98 Å². The zero-order chi connectivity index (χ0) is 14.8. The summed E-state index contributed by atoms with van der Waals surface area (Å²) >= 11 is 1.58. The Bertz CT molecular complexity index is 621. The van der Waals surface area contributed by atoms with Crippen LogP contribution in [0.15, 0.2) is 22.8 Å². The minimum atomic E-state index is -0.767. The largest absolute Gasteiger partial charge is 0.481 e. The number of furan rings is 1. The van der Waals surface area contributed by atoms with Crippen molar-refractivity contribution in [3.05, 3.63) is 34.7 Å². The van der Waals surface area contributed by atoms with Crippen LogP contribution in [-0.4, -0.2) is 22.1 Å². The summed E-state index contributed by atoms with van der Waals surface area (Å²) in [7, 11) is 0. The van der Waals surface area contributed by atoms with Crippen LogP contribution < -0.4 is 5.32 Å². The molecule has 5 nitrogen and oxygen atoms in total. The summed E-state index contributed by atoms with van der Waals surface area (Å²) in [6.07, 6.45) is 4.99. The van der Waals surface area contributed by atoms with E-state index in [1.165, 1.54) is 0 Å². The quantitative estimate of drug-likeness (QED) is 0.886. The Balaban J connectivity index is 1.71. The van der Waals surface area contributed by atoms with E-state index >= 15 is 0 Å². The zero-order valence-corrected chi connectivity index (χ0v) is 12.7. The highest BCUT2D eigenvalue weighted by atomic mass is 32.1. The number of thiazole rings is 1. The van der Waals surface area contributed by atoms with Crippen LogP contribution in [0.2, 0.25) is 0 Å². The number of rotatable bonds is 5. The van der Waals surface area contributed by atoms with Crippen molar-refractivity contribution in [1.29, 1.82) is 0 Å². The third-order valence-corrected chi connectivity index (χ3v) is 4.77. The summed E-state index contributed by atoms with van der Waals surface area (Å²) in [5, 5.41) is 13.4. The number of hydrogen-bond acceptors (Lipinski definition) is 5. The van der Waals surface area contributed by atoms with E-state index in [1.54, 1.807) is 17.6 Å². The first-order valence-corrected chi connectivity index (χ1v) is 7.96. The molecule has 0 aromatic carbocycles. The molecular weight excluding hydrogens is 288 g/mol. The van der Waals surface area contributed by atoms with Gasteiger partial charge in [0, 0.05) is 17.3 Å². The summed E-state index contributed by atoms with van der Waals surface area (Å²) < 4.78 is 5.34. The Hall–Kier alpha value is -1.82. The number of aromatic nitrogens is 1. The Kier molecular flexibility index (Phi) is 3.96. The number of hydrogen-bond donors (Lipinski definition) is 2. The molecule has 0 fully saturated rings. The molecule has 0 saturated heterocycles. The number of nitrogens with one attached hydrogen (secondary N) is 1. The number of carboxylic acids is 1. The molecule has 0 aliphatic heterocycles. The maximum atomic E-state index is 11.3. The molecule has 2 heterocycles. The molecule has 2 aromatic heterocycles. The fourth-order valence-electron chi connectivity index (χ4n) is 2.71. The van der Waals surface area contributed by atoms with Gasteiger partial charge >= 0.3 is 5.97 Å². The van der Waals surface area contributed by atoms with E-state index < -0.39 is 11.9 Å². The van der Waals surface area contributed by atoms with Crippen LogP contribution >= 0.6 is 11.3 Å². The third kappa shape index (κ3) is 3.10. The van der Waals surface area contributed by atoms with Crippen molar-refractivity contribution in [3.8, 4) is 0 Å². The van der Waals surface area contributed by atoms with Crippen LogP contribution in [-0.2, 0) is 17.6 Å².